The van der Waals surface area contributed by atoms with Gasteiger partial charge in [0.15, 0.2) is 0 Å². The summed E-state index contributed by atoms with van der Waals surface area (Å²) in [6, 6.07) is 3.04. The van der Waals surface area contributed by atoms with Crippen molar-refractivity contribution in [3.63, 3.8) is 0 Å². The molecule has 2 rings (SSSR count). The van der Waals surface area contributed by atoms with Crippen LogP contribution in [0.4, 0.5) is 4.39 Å². The molecule has 66 valence electrons. The fourth-order valence-electron chi connectivity index (χ4n) is 1.24. The van der Waals surface area contributed by atoms with Crippen LogP contribution in [0.25, 0.3) is 10.9 Å². The number of hydrogen-bond acceptors (Lipinski definition) is 2. The van der Waals surface area contributed by atoms with Gasteiger partial charge in [-0.3, -0.25) is 0 Å². The van der Waals surface area contributed by atoms with Gasteiger partial charge in [0.1, 0.15) is 17.3 Å². The third-order valence-corrected chi connectivity index (χ3v) is 2.18. The summed E-state index contributed by atoms with van der Waals surface area (Å²) in [5, 5.41) is 0.454. The van der Waals surface area contributed by atoms with Crippen LogP contribution in [0.2, 0.25) is 5.15 Å². The topological polar surface area (TPSA) is 25.8 Å². The maximum Gasteiger partial charge on any atom is 0.143 e. The van der Waals surface area contributed by atoms with E-state index < -0.39 is 0 Å². The Labute approximate surface area is 79.4 Å². The summed E-state index contributed by atoms with van der Waals surface area (Å²) in [4.78, 5) is 7.69. The molecule has 0 unspecified atom stereocenters. The Hall–Kier alpha value is -1.22. The third-order valence-electron chi connectivity index (χ3n) is 1.89. The molecule has 1 aromatic carbocycles. The van der Waals surface area contributed by atoms with E-state index in [1.807, 2.05) is 6.92 Å². The normalized spacial score (nSPS) is 10.7. The van der Waals surface area contributed by atoms with Crippen molar-refractivity contribution in [3.8, 4) is 0 Å². The zero-order valence-corrected chi connectivity index (χ0v) is 7.64. The van der Waals surface area contributed by atoms with Crippen LogP contribution in [-0.4, -0.2) is 9.97 Å². The van der Waals surface area contributed by atoms with E-state index in [2.05, 4.69) is 9.97 Å². The van der Waals surface area contributed by atoms with Crippen molar-refractivity contribution in [1.82, 2.24) is 9.97 Å². The summed E-state index contributed by atoms with van der Waals surface area (Å²) in [6.45, 7) is 1.85. The first-order valence-corrected chi connectivity index (χ1v) is 4.13. The van der Waals surface area contributed by atoms with E-state index in [-0.39, 0.29) is 11.0 Å². The van der Waals surface area contributed by atoms with E-state index in [0.717, 1.165) is 5.56 Å². The van der Waals surface area contributed by atoms with E-state index in [1.54, 1.807) is 6.07 Å². The monoisotopic (exact) mass is 196 g/mol. The Morgan fingerprint density at radius 2 is 2.08 bits per heavy atom. The molecule has 13 heavy (non-hydrogen) atoms. The van der Waals surface area contributed by atoms with Gasteiger partial charge in [0.25, 0.3) is 0 Å². The van der Waals surface area contributed by atoms with Crippen molar-refractivity contribution in [2.24, 2.45) is 0 Å². The largest absolute Gasteiger partial charge is 0.236 e. The van der Waals surface area contributed by atoms with Crippen LogP contribution in [0.15, 0.2) is 18.5 Å². The van der Waals surface area contributed by atoms with Gasteiger partial charge < -0.3 is 0 Å². The lowest BCUT2D eigenvalue weighted by Gasteiger charge is -2.02. The Morgan fingerprint density at radius 1 is 1.31 bits per heavy atom. The molecule has 0 amide bonds. The van der Waals surface area contributed by atoms with Gasteiger partial charge in [0.2, 0.25) is 0 Å². The average molecular weight is 197 g/mol. The Kier molecular flexibility index (Phi) is 1.88. The van der Waals surface area contributed by atoms with Gasteiger partial charge in [-0.15, -0.1) is 0 Å². The summed E-state index contributed by atoms with van der Waals surface area (Å²) in [5.74, 6) is -0.383. The van der Waals surface area contributed by atoms with Crippen LogP contribution in [0.3, 0.4) is 0 Å². The first-order valence-electron chi connectivity index (χ1n) is 3.75. The molecule has 0 saturated carbocycles. The molecule has 0 saturated heterocycles. The number of rotatable bonds is 0. The minimum atomic E-state index is -0.383. The van der Waals surface area contributed by atoms with Crippen LogP contribution < -0.4 is 0 Å². The predicted molar refractivity (Wildman–Crippen MR) is 49.2 cm³/mol. The maximum atomic E-state index is 13.3. The van der Waals surface area contributed by atoms with E-state index in [9.17, 15) is 4.39 Å². The molecule has 0 aliphatic heterocycles. The van der Waals surface area contributed by atoms with Gasteiger partial charge in [-0.25, -0.2) is 14.4 Å². The number of nitrogens with zero attached hydrogens (tertiary/aromatic N) is 2. The van der Waals surface area contributed by atoms with Crippen LogP contribution >= 0.6 is 11.6 Å². The number of halogens is 2. The Bertz CT molecular complexity index is 462. The quantitative estimate of drug-likeness (QED) is 0.606. The summed E-state index contributed by atoms with van der Waals surface area (Å²) >= 11 is 5.74. The van der Waals surface area contributed by atoms with Gasteiger partial charge in [0.05, 0.1) is 10.9 Å². The molecule has 0 aliphatic carbocycles. The molecule has 0 aliphatic rings. The highest BCUT2D eigenvalue weighted by Gasteiger charge is 2.08. The average Bonchev–Trinajstić information content (AvgIpc) is 2.12. The number of fused-ring (bicyclic) bond motifs is 1. The van der Waals surface area contributed by atoms with E-state index >= 15 is 0 Å². The van der Waals surface area contributed by atoms with Crippen molar-refractivity contribution in [2.45, 2.75) is 6.92 Å². The molecule has 2 aromatic rings. The van der Waals surface area contributed by atoms with E-state index in [1.165, 1.54) is 12.4 Å². The van der Waals surface area contributed by atoms with Crippen LogP contribution in [0, 0.1) is 12.7 Å². The minimum Gasteiger partial charge on any atom is -0.236 e. The second-order valence-electron chi connectivity index (χ2n) is 2.75. The lowest BCUT2D eigenvalue weighted by atomic mass is 10.1. The van der Waals surface area contributed by atoms with Crippen LogP contribution in [-0.2, 0) is 0 Å². The number of aryl methyl sites for hydroxylation is 1. The summed E-state index contributed by atoms with van der Waals surface area (Å²) in [6.07, 6.45) is 1.33. The van der Waals surface area contributed by atoms with Gasteiger partial charge >= 0.3 is 0 Å². The van der Waals surface area contributed by atoms with E-state index in [0.29, 0.717) is 10.9 Å². The lowest BCUT2D eigenvalue weighted by molar-refractivity contribution is 0.639. The molecule has 2 nitrogen and oxygen atoms in total. The number of aromatic nitrogens is 2. The minimum absolute atomic E-state index is 0.159. The molecule has 0 fully saturated rings. The molecular formula is C9H6ClFN2. The van der Waals surface area contributed by atoms with Gasteiger partial charge in [-0.05, 0) is 18.6 Å². The van der Waals surface area contributed by atoms with Crippen LogP contribution in [0.1, 0.15) is 5.56 Å². The molecule has 0 bridgehead atoms. The molecule has 0 spiro atoms. The molecule has 1 heterocycles. The second kappa shape index (κ2) is 2.92. The highest BCUT2D eigenvalue weighted by molar-refractivity contribution is 6.34. The fraction of sp³-hybridized carbons (Fsp3) is 0.111. The highest BCUT2D eigenvalue weighted by atomic mass is 35.5. The summed E-state index contributed by atoms with van der Waals surface area (Å²) < 4.78 is 13.3. The van der Waals surface area contributed by atoms with E-state index in [4.69, 9.17) is 11.6 Å². The SMILES string of the molecule is Cc1ccc(F)c2c(Cl)ncnc12. The molecule has 1 aromatic heterocycles. The number of benzene rings is 1. The van der Waals surface area contributed by atoms with Crippen molar-refractivity contribution in [2.75, 3.05) is 0 Å². The Morgan fingerprint density at radius 3 is 2.77 bits per heavy atom. The number of hydrogen-bond donors (Lipinski definition) is 0. The molecule has 0 N–H and O–H groups in total. The third kappa shape index (κ3) is 1.25. The zero-order valence-electron chi connectivity index (χ0n) is 6.88. The summed E-state index contributed by atoms with van der Waals surface area (Å²) in [5.41, 5.74) is 1.46. The van der Waals surface area contributed by atoms with Crippen molar-refractivity contribution in [3.05, 3.63) is 35.0 Å². The maximum absolute atomic E-state index is 13.3. The van der Waals surface area contributed by atoms with Crippen molar-refractivity contribution in [1.29, 1.82) is 0 Å². The van der Waals surface area contributed by atoms with Gasteiger partial charge in [-0.1, -0.05) is 17.7 Å². The molecular weight excluding hydrogens is 191 g/mol. The summed E-state index contributed by atoms with van der Waals surface area (Å²) in [7, 11) is 0. The lowest BCUT2D eigenvalue weighted by Crippen LogP contribution is -1.90. The first-order chi connectivity index (χ1) is 6.20. The molecule has 4 heteroatoms. The molecule has 0 radical (unpaired) electrons. The first kappa shape index (κ1) is 8.38. The van der Waals surface area contributed by atoms with Crippen LogP contribution in [0.5, 0.6) is 0 Å². The fourth-order valence-corrected chi connectivity index (χ4v) is 1.46. The van der Waals surface area contributed by atoms with Gasteiger partial charge in [0, 0.05) is 0 Å². The molecule has 0 atom stereocenters. The van der Waals surface area contributed by atoms with Crippen molar-refractivity contribution >= 4 is 22.5 Å². The highest BCUT2D eigenvalue weighted by Crippen LogP contribution is 2.24. The smallest absolute Gasteiger partial charge is 0.143 e. The van der Waals surface area contributed by atoms with Crippen molar-refractivity contribution < 1.29 is 4.39 Å². The van der Waals surface area contributed by atoms with Gasteiger partial charge in [-0.2, -0.15) is 0 Å². The second-order valence-corrected chi connectivity index (χ2v) is 3.11. The zero-order chi connectivity index (χ0) is 9.42. The Balaban J connectivity index is 3.00. The standard InChI is InChI=1S/C9H6ClFN2/c1-5-2-3-6(11)7-8(5)12-4-13-9(7)10/h2-4H,1H3. The predicted octanol–water partition coefficient (Wildman–Crippen LogP) is 2.73.